The zero-order valence-corrected chi connectivity index (χ0v) is 21.1. The first kappa shape index (κ1) is 27.4. The minimum Gasteiger partial charge on any atom is -0.381 e. The summed E-state index contributed by atoms with van der Waals surface area (Å²) >= 11 is 7.06. The molecule has 0 rings (SSSR count). The Hall–Kier alpha value is 0.400. The van der Waals surface area contributed by atoms with Crippen LogP contribution in [0.25, 0.3) is 0 Å². The lowest BCUT2D eigenvalue weighted by atomic mass is 9.94. The zero-order valence-electron chi connectivity index (χ0n) is 17.9. The maximum Gasteiger partial charge on any atom is 0.0468 e. The van der Waals surface area contributed by atoms with Gasteiger partial charge in [-0.1, -0.05) is 94.7 Å². The van der Waals surface area contributed by atoms with Gasteiger partial charge in [0.1, 0.15) is 0 Å². The molecular weight excluding hydrogens is 464 g/mol. The van der Waals surface area contributed by atoms with E-state index in [2.05, 4.69) is 70.0 Å². The summed E-state index contributed by atoms with van der Waals surface area (Å²) < 4.78 is 6.05. The highest BCUT2D eigenvalue weighted by Gasteiger charge is 2.09. The molecule has 1 nitrogen and oxygen atoms in total. The van der Waals surface area contributed by atoms with Gasteiger partial charge in [0, 0.05) is 23.9 Å². The van der Waals surface area contributed by atoms with Crippen LogP contribution >= 0.6 is 31.9 Å². The van der Waals surface area contributed by atoms with E-state index in [1.54, 1.807) is 0 Å². The minimum atomic E-state index is 0.791. The van der Waals surface area contributed by atoms with Gasteiger partial charge in [-0.15, -0.1) is 0 Å². The fraction of sp³-hybridized carbons (Fsp3) is 0.833. The first-order valence-electron chi connectivity index (χ1n) is 11.2. The molecule has 0 bridgehead atoms. The van der Waals surface area contributed by atoms with Gasteiger partial charge in [-0.2, -0.15) is 0 Å². The summed E-state index contributed by atoms with van der Waals surface area (Å²) in [7, 11) is 0. The van der Waals surface area contributed by atoms with Crippen molar-refractivity contribution in [3.05, 3.63) is 24.3 Å². The molecule has 0 aromatic heterocycles. The van der Waals surface area contributed by atoms with Gasteiger partial charge in [0.05, 0.1) is 0 Å². The average molecular weight is 508 g/mol. The zero-order chi connectivity index (χ0) is 20.0. The third-order valence-electron chi connectivity index (χ3n) is 5.24. The van der Waals surface area contributed by atoms with Crippen molar-refractivity contribution in [2.45, 2.75) is 90.9 Å². The van der Waals surface area contributed by atoms with Crippen LogP contribution in [-0.2, 0) is 4.74 Å². The highest BCUT2D eigenvalue weighted by molar-refractivity contribution is 9.09. The van der Waals surface area contributed by atoms with E-state index in [0.29, 0.717) is 0 Å². The van der Waals surface area contributed by atoms with E-state index in [-0.39, 0.29) is 0 Å². The Balaban J connectivity index is 3.99. The fourth-order valence-electron chi connectivity index (χ4n) is 3.43. The van der Waals surface area contributed by atoms with Gasteiger partial charge < -0.3 is 4.74 Å². The van der Waals surface area contributed by atoms with Crippen LogP contribution in [0.15, 0.2) is 24.3 Å². The fourth-order valence-corrected chi connectivity index (χ4v) is 4.22. The van der Waals surface area contributed by atoms with Crippen molar-refractivity contribution in [3.8, 4) is 0 Å². The highest BCUT2D eigenvalue weighted by atomic mass is 79.9. The van der Waals surface area contributed by atoms with Crippen LogP contribution in [0.3, 0.4) is 0 Å². The van der Waals surface area contributed by atoms with Gasteiger partial charge in [-0.3, -0.25) is 0 Å². The summed E-state index contributed by atoms with van der Waals surface area (Å²) in [5.74, 6) is 1.58. The number of rotatable bonds is 20. The van der Waals surface area contributed by atoms with Crippen molar-refractivity contribution >= 4 is 31.9 Å². The first-order chi connectivity index (χ1) is 13.3. The summed E-state index contributed by atoms with van der Waals surface area (Å²) in [5.41, 5.74) is 0. The number of unbranched alkanes of at least 4 members (excludes halogenated alkanes) is 4. The third kappa shape index (κ3) is 19.5. The number of halogens is 2. The maximum atomic E-state index is 6.05. The maximum absolute atomic E-state index is 6.05. The molecular formula is C24H44Br2O. The molecule has 0 saturated heterocycles. The Morgan fingerprint density at radius 3 is 1.44 bits per heavy atom. The molecule has 0 aliphatic rings. The van der Waals surface area contributed by atoms with Crippen molar-refractivity contribution in [2.24, 2.45) is 11.8 Å². The summed E-state index contributed by atoms with van der Waals surface area (Å²) in [4.78, 5) is 0. The molecule has 0 radical (unpaired) electrons. The Kier molecular flexibility index (Phi) is 23.0. The van der Waals surface area contributed by atoms with Gasteiger partial charge in [-0.05, 0) is 64.2 Å². The van der Waals surface area contributed by atoms with E-state index in [9.17, 15) is 0 Å². The molecule has 27 heavy (non-hydrogen) atoms. The summed E-state index contributed by atoms with van der Waals surface area (Å²) in [6, 6.07) is 0. The van der Waals surface area contributed by atoms with E-state index < -0.39 is 0 Å². The number of hydrogen-bond acceptors (Lipinski definition) is 1. The number of hydrogen-bond donors (Lipinski definition) is 0. The predicted molar refractivity (Wildman–Crippen MR) is 130 cm³/mol. The van der Waals surface area contributed by atoms with Gasteiger partial charge >= 0.3 is 0 Å². The van der Waals surface area contributed by atoms with Crippen molar-refractivity contribution in [2.75, 3.05) is 23.9 Å². The van der Waals surface area contributed by atoms with Gasteiger partial charge in [0.15, 0.2) is 0 Å². The van der Waals surface area contributed by atoms with E-state index in [0.717, 1.165) is 35.7 Å². The number of allylic oxidation sites excluding steroid dienone is 4. The topological polar surface area (TPSA) is 9.23 Å². The molecule has 3 heteroatoms. The van der Waals surface area contributed by atoms with E-state index in [4.69, 9.17) is 4.74 Å². The van der Waals surface area contributed by atoms with Crippen LogP contribution in [0.2, 0.25) is 0 Å². The molecule has 0 amide bonds. The Labute approximate surface area is 187 Å². The number of ether oxygens (including phenoxy) is 1. The third-order valence-corrected chi connectivity index (χ3v) is 6.36. The lowest BCUT2D eigenvalue weighted by Gasteiger charge is -2.17. The molecule has 0 aromatic carbocycles. The predicted octanol–water partition coefficient (Wildman–Crippen LogP) is 8.86. The molecule has 2 atom stereocenters. The lowest BCUT2D eigenvalue weighted by Crippen LogP contribution is -2.09. The van der Waals surface area contributed by atoms with E-state index >= 15 is 0 Å². The molecule has 0 spiro atoms. The molecule has 0 aromatic rings. The van der Waals surface area contributed by atoms with E-state index in [1.165, 1.54) is 77.0 Å². The van der Waals surface area contributed by atoms with Crippen LogP contribution in [0, 0.1) is 11.8 Å². The molecule has 0 fully saturated rings. The molecule has 0 heterocycles. The van der Waals surface area contributed by atoms with Gasteiger partial charge in [0.25, 0.3) is 0 Å². The smallest absolute Gasteiger partial charge is 0.0468 e. The molecule has 0 saturated carbocycles. The van der Waals surface area contributed by atoms with Crippen LogP contribution in [0.4, 0.5) is 0 Å². The van der Waals surface area contributed by atoms with Crippen molar-refractivity contribution in [1.82, 2.24) is 0 Å². The second-order valence-electron chi connectivity index (χ2n) is 7.61. The summed E-state index contributed by atoms with van der Waals surface area (Å²) in [6.07, 6.45) is 24.6. The molecule has 0 aliphatic heterocycles. The van der Waals surface area contributed by atoms with Crippen molar-refractivity contribution in [1.29, 1.82) is 0 Å². The summed E-state index contributed by atoms with van der Waals surface area (Å²) in [6.45, 7) is 6.11. The van der Waals surface area contributed by atoms with Crippen molar-refractivity contribution < 1.29 is 4.74 Å². The average Bonchev–Trinajstić information content (AvgIpc) is 2.69. The Morgan fingerprint density at radius 1 is 0.630 bits per heavy atom. The second kappa shape index (κ2) is 22.7. The Morgan fingerprint density at radius 2 is 1.07 bits per heavy atom. The molecule has 0 N–H and O–H groups in total. The van der Waals surface area contributed by atoms with Crippen molar-refractivity contribution in [3.63, 3.8) is 0 Å². The van der Waals surface area contributed by atoms with Gasteiger partial charge in [0.2, 0.25) is 0 Å². The van der Waals surface area contributed by atoms with Crippen LogP contribution in [-0.4, -0.2) is 23.9 Å². The van der Waals surface area contributed by atoms with Crippen LogP contribution in [0.1, 0.15) is 90.9 Å². The normalized spacial score (nSPS) is 14.4. The second-order valence-corrected chi connectivity index (χ2v) is 9.19. The largest absolute Gasteiger partial charge is 0.381 e. The quantitative estimate of drug-likeness (QED) is 0.0907. The Bertz CT molecular complexity index is 309. The molecule has 0 aliphatic carbocycles. The van der Waals surface area contributed by atoms with E-state index in [1.807, 2.05) is 0 Å². The minimum absolute atomic E-state index is 0.791. The molecule has 160 valence electrons. The highest BCUT2D eigenvalue weighted by Crippen LogP contribution is 2.21. The summed E-state index contributed by atoms with van der Waals surface area (Å²) in [5, 5.41) is 2.28. The number of alkyl halides is 2. The van der Waals surface area contributed by atoms with Crippen LogP contribution in [0.5, 0.6) is 0 Å². The standard InChI is InChI=1S/C24H44Br2O/c1-3-5-13-23(15-9-7-11-19-25)17-21-27-22-18-24(14-6-4-2)16-10-8-12-20-26/h3-6,23-24H,7-22H2,1-2H3. The SMILES string of the molecule is CC=CCC(CCCCCBr)CCOCCC(CC=CC)CCCCCBr. The first-order valence-corrected chi connectivity index (χ1v) is 13.4. The van der Waals surface area contributed by atoms with Gasteiger partial charge in [-0.25, -0.2) is 0 Å². The monoisotopic (exact) mass is 506 g/mol. The lowest BCUT2D eigenvalue weighted by molar-refractivity contribution is 0.105. The van der Waals surface area contributed by atoms with Crippen LogP contribution < -0.4 is 0 Å². The molecule has 2 unspecified atom stereocenters.